The van der Waals surface area contributed by atoms with Crippen LogP contribution in [0, 0.1) is 6.17 Å². The minimum atomic E-state index is 0.589. The molecule has 13 heavy (non-hydrogen) atoms. The second-order valence-electron chi connectivity index (χ2n) is 3.80. The molecule has 0 bridgehead atoms. The van der Waals surface area contributed by atoms with Gasteiger partial charge in [-0.25, -0.2) is 0 Å². The monoisotopic (exact) mass is 185 g/mol. The van der Waals surface area contributed by atoms with Gasteiger partial charge < -0.3 is 11.5 Å². The maximum Gasteiger partial charge on any atom is 0.0955 e. The molecule has 0 aliphatic heterocycles. The summed E-state index contributed by atoms with van der Waals surface area (Å²) in [5.41, 5.74) is 10.7. The molecule has 0 aromatic heterocycles. The van der Waals surface area contributed by atoms with Crippen molar-refractivity contribution in [3.8, 4) is 0 Å². The van der Waals surface area contributed by atoms with Gasteiger partial charge in [0.05, 0.1) is 6.17 Å². The molecule has 4 N–H and O–H groups in total. The number of hydrogen-bond acceptors (Lipinski definition) is 2. The van der Waals surface area contributed by atoms with E-state index in [1.807, 2.05) is 0 Å². The average Bonchev–Trinajstić information content (AvgIpc) is 2.09. The van der Waals surface area contributed by atoms with E-state index >= 15 is 0 Å². The Morgan fingerprint density at radius 3 is 1.69 bits per heavy atom. The summed E-state index contributed by atoms with van der Waals surface area (Å²) >= 11 is 0. The molecule has 0 saturated carbocycles. The standard InChI is InChI=1S/C11H25N2/c1-2-3-4-5-6-7-8-9-10-11(12)13/h2-10,12-13H2,1H3. The highest BCUT2D eigenvalue weighted by molar-refractivity contribution is 4.71. The second kappa shape index (κ2) is 10.0. The fraction of sp³-hybridized carbons (Fsp3) is 0.909. The van der Waals surface area contributed by atoms with Crippen LogP contribution in [0.2, 0.25) is 0 Å². The summed E-state index contributed by atoms with van der Waals surface area (Å²) in [6.45, 7) is 2.25. The van der Waals surface area contributed by atoms with Gasteiger partial charge in [0.15, 0.2) is 0 Å². The highest BCUT2D eigenvalue weighted by Crippen LogP contribution is 2.10. The van der Waals surface area contributed by atoms with Crippen LogP contribution in [0.1, 0.15) is 64.7 Å². The molecule has 0 rings (SSSR count). The molecular formula is C11H25N2. The molecule has 0 amide bonds. The molecule has 0 saturated heterocycles. The summed E-state index contributed by atoms with van der Waals surface area (Å²) in [6.07, 6.45) is 12.2. The van der Waals surface area contributed by atoms with Crippen molar-refractivity contribution < 1.29 is 0 Å². The van der Waals surface area contributed by atoms with Crippen molar-refractivity contribution in [3.63, 3.8) is 0 Å². The first-order chi connectivity index (χ1) is 6.27. The van der Waals surface area contributed by atoms with Crippen LogP contribution in [0.3, 0.4) is 0 Å². The Kier molecular flexibility index (Phi) is 9.94. The first-order valence-corrected chi connectivity index (χ1v) is 5.64. The number of unbranched alkanes of at least 4 members (excludes halogenated alkanes) is 7. The lowest BCUT2D eigenvalue weighted by atomic mass is 10.1. The van der Waals surface area contributed by atoms with Gasteiger partial charge in [0.25, 0.3) is 0 Å². The minimum Gasteiger partial charge on any atom is -0.311 e. The zero-order chi connectivity index (χ0) is 9.94. The van der Waals surface area contributed by atoms with Crippen molar-refractivity contribution in [3.05, 3.63) is 6.17 Å². The third-order valence-electron chi connectivity index (χ3n) is 2.32. The zero-order valence-electron chi connectivity index (χ0n) is 9.02. The van der Waals surface area contributed by atoms with Crippen LogP contribution in [-0.4, -0.2) is 0 Å². The van der Waals surface area contributed by atoms with Crippen LogP contribution in [0.4, 0.5) is 0 Å². The van der Waals surface area contributed by atoms with Crippen LogP contribution in [-0.2, 0) is 0 Å². The predicted molar refractivity (Wildman–Crippen MR) is 58.8 cm³/mol. The molecule has 0 aromatic carbocycles. The highest BCUT2D eigenvalue weighted by atomic mass is 14.8. The Morgan fingerprint density at radius 2 is 1.23 bits per heavy atom. The Morgan fingerprint density at radius 1 is 0.769 bits per heavy atom. The first kappa shape index (κ1) is 12.9. The average molecular weight is 185 g/mol. The van der Waals surface area contributed by atoms with E-state index in [1.165, 1.54) is 44.9 Å². The van der Waals surface area contributed by atoms with E-state index in [0.717, 1.165) is 12.8 Å². The van der Waals surface area contributed by atoms with Gasteiger partial charge in [-0.3, -0.25) is 0 Å². The van der Waals surface area contributed by atoms with E-state index in [9.17, 15) is 0 Å². The first-order valence-electron chi connectivity index (χ1n) is 5.64. The maximum absolute atomic E-state index is 5.37. The molecule has 1 radical (unpaired) electrons. The molecule has 0 fully saturated rings. The quantitative estimate of drug-likeness (QED) is 0.543. The van der Waals surface area contributed by atoms with Gasteiger partial charge in [-0.1, -0.05) is 58.3 Å². The van der Waals surface area contributed by atoms with Gasteiger partial charge in [0.1, 0.15) is 0 Å². The fourth-order valence-electron chi connectivity index (χ4n) is 1.46. The highest BCUT2D eigenvalue weighted by Gasteiger charge is 1.95. The van der Waals surface area contributed by atoms with Crippen molar-refractivity contribution in [1.82, 2.24) is 0 Å². The van der Waals surface area contributed by atoms with Crippen LogP contribution in [0.25, 0.3) is 0 Å². The summed E-state index contributed by atoms with van der Waals surface area (Å²) in [6, 6.07) is 0. The molecule has 0 spiro atoms. The molecule has 0 aliphatic carbocycles. The van der Waals surface area contributed by atoms with Gasteiger partial charge in [0, 0.05) is 0 Å². The lowest BCUT2D eigenvalue weighted by Crippen LogP contribution is -2.19. The van der Waals surface area contributed by atoms with Crippen LogP contribution in [0.15, 0.2) is 0 Å². The topological polar surface area (TPSA) is 52.0 Å². The SMILES string of the molecule is CCCCCCCCCC[C](N)N. The molecule has 0 unspecified atom stereocenters. The van der Waals surface area contributed by atoms with Gasteiger partial charge >= 0.3 is 0 Å². The fourth-order valence-corrected chi connectivity index (χ4v) is 1.46. The third kappa shape index (κ3) is 11.9. The van der Waals surface area contributed by atoms with E-state index in [2.05, 4.69) is 6.92 Å². The summed E-state index contributed by atoms with van der Waals surface area (Å²) in [4.78, 5) is 0. The minimum absolute atomic E-state index is 0.589. The van der Waals surface area contributed by atoms with Crippen molar-refractivity contribution in [2.24, 2.45) is 11.5 Å². The summed E-state index contributed by atoms with van der Waals surface area (Å²) < 4.78 is 0. The second-order valence-corrected chi connectivity index (χ2v) is 3.80. The molecular weight excluding hydrogens is 160 g/mol. The molecule has 0 aromatic rings. The molecule has 0 aliphatic rings. The molecule has 0 heterocycles. The lowest BCUT2D eigenvalue weighted by molar-refractivity contribution is 0.564. The van der Waals surface area contributed by atoms with Crippen LogP contribution >= 0.6 is 0 Å². The Labute approximate surface area is 83.1 Å². The van der Waals surface area contributed by atoms with Crippen LogP contribution in [0.5, 0.6) is 0 Å². The third-order valence-corrected chi connectivity index (χ3v) is 2.32. The number of nitrogens with two attached hydrogens (primary N) is 2. The van der Waals surface area contributed by atoms with E-state index in [1.54, 1.807) is 0 Å². The van der Waals surface area contributed by atoms with Gasteiger partial charge in [-0.15, -0.1) is 0 Å². The smallest absolute Gasteiger partial charge is 0.0955 e. The Hall–Kier alpha value is -0.0800. The van der Waals surface area contributed by atoms with Crippen LogP contribution < -0.4 is 11.5 Å². The number of rotatable bonds is 9. The number of hydrogen-bond donors (Lipinski definition) is 2. The zero-order valence-corrected chi connectivity index (χ0v) is 9.02. The molecule has 0 atom stereocenters. The normalized spacial score (nSPS) is 11.1. The van der Waals surface area contributed by atoms with Crippen molar-refractivity contribution in [1.29, 1.82) is 0 Å². The largest absolute Gasteiger partial charge is 0.311 e. The molecule has 79 valence electrons. The van der Waals surface area contributed by atoms with E-state index in [-0.39, 0.29) is 0 Å². The predicted octanol–water partition coefficient (Wildman–Crippen LogP) is 2.92. The van der Waals surface area contributed by atoms with E-state index in [4.69, 9.17) is 11.5 Å². The maximum atomic E-state index is 5.37. The molecule has 2 nitrogen and oxygen atoms in total. The van der Waals surface area contributed by atoms with E-state index in [0.29, 0.717) is 6.17 Å². The van der Waals surface area contributed by atoms with Gasteiger partial charge in [-0.2, -0.15) is 0 Å². The van der Waals surface area contributed by atoms with Gasteiger partial charge in [0.2, 0.25) is 0 Å². The summed E-state index contributed by atoms with van der Waals surface area (Å²) in [7, 11) is 0. The summed E-state index contributed by atoms with van der Waals surface area (Å²) in [5.74, 6) is 0. The van der Waals surface area contributed by atoms with Crippen molar-refractivity contribution >= 4 is 0 Å². The van der Waals surface area contributed by atoms with E-state index < -0.39 is 0 Å². The van der Waals surface area contributed by atoms with Crippen molar-refractivity contribution in [2.75, 3.05) is 0 Å². The lowest BCUT2D eigenvalue weighted by Gasteiger charge is -2.03. The van der Waals surface area contributed by atoms with Crippen molar-refractivity contribution in [2.45, 2.75) is 64.7 Å². The van der Waals surface area contributed by atoms with Gasteiger partial charge in [-0.05, 0) is 6.42 Å². The Bertz CT molecular complexity index is 92.1. The summed E-state index contributed by atoms with van der Waals surface area (Å²) in [5, 5.41) is 0. The Balaban J connectivity index is 2.84. The molecule has 2 heteroatoms.